The van der Waals surface area contributed by atoms with E-state index in [4.69, 9.17) is 11.7 Å². The number of quaternary nitrogens is 1. The fraction of sp³-hybridized carbons (Fsp3) is 1.00. The molecule has 8 nitrogen and oxygen atoms in total. The highest BCUT2D eigenvalue weighted by atomic mass is 17.1. The van der Waals surface area contributed by atoms with Crippen LogP contribution in [0, 0.1) is 10.4 Å². The molecule has 0 radical (unpaired) electrons. The molecule has 0 atom stereocenters. The quantitative estimate of drug-likeness (QED) is 0.298. The standard InChI is InChI=1S/C3H12N5O3/c1-3-8(4,5)11-7(10)6(2)9/h3-5H2,1-2H3/q-1. The predicted molar refractivity (Wildman–Crippen MR) is 36.6 cm³/mol. The number of hydrazine groups is 1. The first-order valence-electron chi connectivity index (χ1n) is 2.92. The largest absolute Gasteiger partial charge is 0.771 e. The summed E-state index contributed by atoms with van der Waals surface area (Å²) >= 11 is 0. The summed E-state index contributed by atoms with van der Waals surface area (Å²) in [4.78, 5) is 3.26. The highest BCUT2D eigenvalue weighted by Gasteiger charge is 2.17. The van der Waals surface area contributed by atoms with Crippen LogP contribution >= 0.6 is 0 Å². The number of hydrogen-bond acceptors (Lipinski definition) is 7. The maximum absolute atomic E-state index is 10.4. The molecule has 0 saturated carbocycles. The smallest absolute Gasteiger partial charge is 0.147 e. The van der Waals surface area contributed by atoms with E-state index >= 15 is 0 Å². The average Bonchev–Trinajstić information content (AvgIpc) is 1.87. The van der Waals surface area contributed by atoms with E-state index in [-0.39, 0.29) is 17.1 Å². The SMILES string of the molecule is CC[N+](N)(N)ON([O-])N(C)[O-]. The van der Waals surface area contributed by atoms with Gasteiger partial charge in [0.1, 0.15) is 6.54 Å². The molecule has 4 N–H and O–H groups in total. The van der Waals surface area contributed by atoms with Crippen LogP contribution in [0.3, 0.4) is 0 Å². The van der Waals surface area contributed by atoms with Gasteiger partial charge in [0.05, 0.1) is 0 Å². The lowest BCUT2D eigenvalue weighted by Gasteiger charge is -2.40. The van der Waals surface area contributed by atoms with Gasteiger partial charge in [-0.05, 0) is 18.8 Å². The summed E-state index contributed by atoms with van der Waals surface area (Å²) in [6.45, 7) is 1.76. The van der Waals surface area contributed by atoms with Crippen molar-refractivity contribution in [1.29, 1.82) is 0 Å². The van der Waals surface area contributed by atoms with Gasteiger partial charge in [-0.2, -0.15) is 0 Å². The van der Waals surface area contributed by atoms with Crippen LogP contribution in [-0.4, -0.2) is 29.0 Å². The van der Waals surface area contributed by atoms with E-state index in [1.807, 2.05) is 0 Å². The Kier molecular flexibility index (Phi) is 3.78. The lowest BCUT2D eigenvalue weighted by atomic mass is 10.8. The third-order valence-electron chi connectivity index (χ3n) is 0.946. The van der Waals surface area contributed by atoms with Crippen LogP contribution in [0.5, 0.6) is 0 Å². The predicted octanol–water partition coefficient (Wildman–Crippen LogP) is -1.44. The van der Waals surface area contributed by atoms with Crippen molar-refractivity contribution >= 4 is 0 Å². The van der Waals surface area contributed by atoms with Crippen molar-refractivity contribution in [3.63, 3.8) is 0 Å². The lowest BCUT2D eigenvalue weighted by molar-refractivity contribution is -1.15. The molecule has 0 amide bonds. The summed E-state index contributed by atoms with van der Waals surface area (Å²) in [5.74, 6) is 10.3. The molecule has 0 fully saturated rings. The summed E-state index contributed by atoms with van der Waals surface area (Å²) in [6, 6.07) is 0. The first kappa shape index (κ1) is 10.7. The topological polar surface area (TPSA) is 114 Å². The van der Waals surface area contributed by atoms with E-state index in [2.05, 4.69) is 4.94 Å². The van der Waals surface area contributed by atoms with Crippen LogP contribution in [0.25, 0.3) is 0 Å². The van der Waals surface area contributed by atoms with Crippen molar-refractivity contribution < 1.29 is 9.80 Å². The number of hydroxylamine groups is 2. The summed E-state index contributed by atoms with van der Waals surface area (Å²) < 4.78 is 0. The minimum Gasteiger partial charge on any atom is -0.771 e. The molecule has 0 spiro atoms. The number of nitrogens with zero attached hydrogens (tertiary/aromatic N) is 3. The van der Waals surface area contributed by atoms with Gasteiger partial charge >= 0.3 is 0 Å². The summed E-state index contributed by atoms with van der Waals surface area (Å²) in [7, 11) is 0.961. The lowest BCUT2D eigenvalue weighted by Crippen LogP contribution is -2.63. The minimum atomic E-state index is -0.976. The molecule has 11 heavy (non-hydrogen) atoms. The second-order valence-corrected chi connectivity index (χ2v) is 1.95. The Labute approximate surface area is 64.1 Å². The zero-order chi connectivity index (χ0) is 9.07. The number of rotatable bonds is 4. The van der Waals surface area contributed by atoms with Gasteiger partial charge in [0.25, 0.3) is 0 Å². The molecule has 0 aromatic carbocycles. The second-order valence-electron chi connectivity index (χ2n) is 1.95. The Morgan fingerprint density at radius 2 is 1.91 bits per heavy atom. The van der Waals surface area contributed by atoms with Crippen molar-refractivity contribution in [1.82, 2.24) is 10.5 Å². The summed E-state index contributed by atoms with van der Waals surface area (Å²) in [5, 5.41) is 20.2. The monoisotopic (exact) mass is 166 g/mol. The molecule has 68 valence electrons. The highest BCUT2D eigenvalue weighted by Crippen LogP contribution is 1.96. The second kappa shape index (κ2) is 3.90. The van der Waals surface area contributed by atoms with Crippen molar-refractivity contribution in [3.8, 4) is 0 Å². The fourth-order valence-corrected chi connectivity index (χ4v) is 0.239. The first-order chi connectivity index (χ1) is 4.89. The molecule has 0 aromatic heterocycles. The first-order valence-corrected chi connectivity index (χ1v) is 2.92. The van der Waals surface area contributed by atoms with Crippen LogP contribution in [0.4, 0.5) is 0 Å². The van der Waals surface area contributed by atoms with Gasteiger partial charge in [0.2, 0.25) is 0 Å². The number of hydrogen-bond donors (Lipinski definition) is 2. The van der Waals surface area contributed by atoms with Crippen molar-refractivity contribution in [3.05, 3.63) is 10.4 Å². The Balaban J connectivity index is 3.83. The summed E-state index contributed by atoms with van der Waals surface area (Å²) in [6.07, 6.45) is 0. The Hall–Kier alpha value is -0.320. The van der Waals surface area contributed by atoms with Gasteiger partial charge in [0.15, 0.2) is 0 Å². The molecule has 0 aliphatic carbocycles. The molecule has 0 heterocycles. The van der Waals surface area contributed by atoms with Crippen molar-refractivity contribution in [2.75, 3.05) is 13.6 Å². The third-order valence-corrected chi connectivity index (χ3v) is 0.946. The zero-order valence-electron chi connectivity index (χ0n) is 6.43. The average molecular weight is 166 g/mol. The van der Waals surface area contributed by atoms with E-state index in [0.29, 0.717) is 0 Å². The molecule has 0 rings (SSSR count). The number of nitrogens with two attached hydrogens (primary N) is 2. The molecule has 0 aromatic rings. The van der Waals surface area contributed by atoms with Gasteiger partial charge in [-0.25, -0.2) is 0 Å². The minimum absolute atomic E-state index is 0.0810. The van der Waals surface area contributed by atoms with Gasteiger partial charge in [0, 0.05) is 0 Å². The van der Waals surface area contributed by atoms with Gasteiger partial charge in [-0.1, -0.05) is 4.94 Å². The molecule has 0 saturated heterocycles. The van der Waals surface area contributed by atoms with Gasteiger partial charge < -0.3 is 15.6 Å². The third kappa shape index (κ3) is 4.19. The Morgan fingerprint density at radius 1 is 1.45 bits per heavy atom. The van der Waals surface area contributed by atoms with E-state index in [1.165, 1.54) is 0 Å². The van der Waals surface area contributed by atoms with Gasteiger partial charge in [-0.3, -0.25) is 0 Å². The maximum atomic E-state index is 10.4. The molecular formula is C3H12N5O3-. The van der Waals surface area contributed by atoms with E-state index < -0.39 is 4.86 Å². The van der Waals surface area contributed by atoms with E-state index in [0.717, 1.165) is 7.05 Å². The van der Waals surface area contributed by atoms with Crippen LogP contribution in [-0.2, 0) is 4.94 Å². The molecule has 0 bridgehead atoms. The Bertz CT molecular complexity index is 118. The highest BCUT2D eigenvalue weighted by molar-refractivity contribution is 4.36. The van der Waals surface area contributed by atoms with E-state index in [1.54, 1.807) is 6.92 Å². The Morgan fingerprint density at radius 3 is 2.18 bits per heavy atom. The molecule has 0 unspecified atom stereocenters. The molecule has 0 aliphatic heterocycles. The maximum Gasteiger partial charge on any atom is 0.147 e. The van der Waals surface area contributed by atoms with E-state index in [9.17, 15) is 10.4 Å². The van der Waals surface area contributed by atoms with Gasteiger partial charge in [-0.15, -0.1) is 17.0 Å². The van der Waals surface area contributed by atoms with Crippen LogP contribution < -0.4 is 11.7 Å². The summed E-state index contributed by atoms with van der Waals surface area (Å²) in [5.41, 5.74) is 0. The zero-order valence-corrected chi connectivity index (χ0v) is 6.43. The molecule has 8 heteroatoms. The van der Waals surface area contributed by atoms with Crippen LogP contribution in [0.15, 0.2) is 0 Å². The van der Waals surface area contributed by atoms with Crippen molar-refractivity contribution in [2.24, 2.45) is 11.7 Å². The van der Waals surface area contributed by atoms with Crippen LogP contribution in [0.2, 0.25) is 0 Å². The van der Waals surface area contributed by atoms with Crippen molar-refractivity contribution in [2.45, 2.75) is 6.92 Å². The normalized spacial score (nSPS) is 13.1. The van der Waals surface area contributed by atoms with Crippen LogP contribution in [0.1, 0.15) is 6.92 Å². The fourth-order valence-electron chi connectivity index (χ4n) is 0.239. The molecular weight excluding hydrogens is 154 g/mol. The molecule has 0 aliphatic rings.